The number of aliphatic carboxylic acids is 1. The van der Waals surface area contributed by atoms with Crippen molar-refractivity contribution in [1.82, 2.24) is 15.1 Å². The zero-order valence-corrected chi connectivity index (χ0v) is 35.8. The fraction of sp³-hybridized carbons (Fsp3) is 0.275. The maximum atomic E-state index is 16.0. The molecule has 3 aliphatic rings. The van der Waals surface area contributed by atoms with Crippen molar-refractivity contribution >= 4 is 35.5 Å². The van der Waals surface area contributed by atoms with E-state index in [2.05, 4.69) is 17.2 Å². The number of cyclic esters (lactones) is 1. The summed E-state index contributed by atoms with van der Waals surface area (Å²) in [6.45, 7) is 4.42. The van der Waals surface area contributed by atoms with Gasteiger partial charge in [0.25, 0.3) is 0 Å². The van der Waals surface area contributed by atoms with Gasteiger partial charge in [0.05, 0.1) is 31.4 Å². The van der Waals surface area contributed by atoms with Crippen molar-refractivity contribution in [2.75, 3.05) is 25.6 Å². The highest BCUT2D eigenvalue weighted by Crippen LogP contribution is 2.66. The van der Waals surface area contributed by atoms with Gasteiger partial charge in [-0.25, -0.2) is 14.5 Å². The van der Waals surface area contributed by atoms with E-state index in [0.717, 1.165) is 10.5 Å². The third kappa shape index (κ3) is 7.65. The number of carbonyl (C=O) groups is 5. The van der Waals surface area contributed by atoms with Crippen molar-refractivity contribution in [3.8, 4) is 17.6 Å². The van der Waals surface area contributed by atoms with Crippen LogP contribution >= 0.6 is 0 Å². The van der Waals surface area contributed by atoms with Crippen LogP contribution in [0.2, 0.25) is 0 Å². The zero-order chi connectivity index (χ0) is 45.3. The first-order valence-corrected chi connectivity index (χ1v) is 21.0. The summed E-state index contributed by atoms with van der Waals surface area (Å²) < 4.78 is 11.3. The monoisotopic (exact) mass is 860 g/mol. The maximum absolute atomic E-state index is 16.0. The summed E-state index contributed by atoms with van der Waals surface area (Å²) in [7, 11) is 3.13. The predicted octanol–water partition coefficient (Wildman–Crippen LogP) is 6.53. The summed E-state index contributed by atoms with van der Waals surface area (Å²) in [4.78, 5) is 77.5. The van der Waals surface area contributed by atoms with Gasteiger partial charge in [-0.1, -0.05) is 129 Å². The second-order valence-corrected chi connectivity index (χ2v) is 16.7. The summed E-state index contributed by atoms with van der Waals surface area (Å²) in [6, 6.07) is 33.3. The number of phenols is 1. The van der Waals surface area contributed by atoms with Crippen molar-refractivity contribution in [3.05, 3.63) is 167 Å². The van der Waals surface area contributed by atoms with Gasteiger partial charge in [-0.3, -0.25) is 24.2 Å². The molecule has 13 heteroatoms. The molecule has 0 aromatic heterocycles. The highest BCUT2D eigenvalue weighted by atomic mass is 16.6. The highest BCUT2D eigenvalue weighted by molar-refractivity contribution is 6.24. The summed E-state index contributed by atoms with van der Waals surface area (Å²) in [5.74, 6) is -0.00470. The van der Waals surface area contributed by atoms with Crippen molar-refractivity contribution in [2.45, 2.75) is 56.1 Å². The Balaban J connectivity index is 1.37. The standard InChI is InChI=1S/C51H48N4O9/c1-31(2)41(47(59)63-4)52-50(62)54-39-27-22-32(17-14-28-53(3)30-33-15-8-5-9-16-33)29-38(39)51(49(54)61)40(46(57)58)43-48(60)64-44(35-20-12-7-13-21-35)42(34-18-10-6-11-19-34)55(43)45(51)36-23-25-37(56)26-24-36/h5-13,15-16,18-27,29,31,40-45,56H,28,30H2,1-4H3,(H,52,62)(H,57,58). The molecule has 326 valence electrons. The number of benzene rings is 5. The highest BCUT2D eigenvalue weighted by Gasteiger charge is 2.76. The van der Waals surface area contributed by atoms with E-state index in [0.29, 0.717) is 35.3 Å². The molecule has 2 saturated heterocycles. The Morgan fingerprint density at radius 1 is 0.844 bits per heavy atom. The fourth-order valence-corrected chi connectivity index (χ4v) is 9.67. The molecule has 0 aliphatic carbocycles. The molecule has 5 aromatic carbocycles. The Kier molecular flexibility index (Phi) is 12.1. The number of esters is 2. The minimum Gasteiger partial charge on any atom is -0.508 e. The number of ether oxygens (including phenoxy) is 2. The normalized spacial score (nSPS) is 22.9. The number of methoxy groups -OCH3 is 1. The van der Waals surface area contributed by atoms with E-state index >= 15 is 4.79 Å². The maximum Gasteiger partial charge on any atom is 0.329 e. The average molecular weight is 861 g/mol. The lowest BCUT2D eigenvalue weighted by Gasteiger charge is -2.46. The molecule has 3 heterocycles. The van der Waals surface area contributed by atoms with Crippen LogP contribution < -0.4 is 10.2 Å². The number of anilines is 1. The van der Waals surface area contributed by atoms with E-state index in [1.807, 2.05) is 103 Å². The molecule has 0 saturated carbocycles. The number of carbonyl (C=O) groups excluding carboxylic acids is 4. The number of aromatic hydroxyl groups is 1. The minimum atomic E-state index is -2.21. The van der Waals surface area contributed by atoms with Crippen LogP contribution in [0, 0.1) is 23.7 Å². The Morgan fingerprint density at radius 3 is 2.08 bits per heavy atom. The van der Waals surface area contributed by atoms with Crippen LogP contribution in [0.5, 0.6) is 5.75 Å². The molecule has 3 aliphatic heterocycles. The molecule has 7 unspecified atom stereocenters. The van der Waals surface area contributed by atoms with Crippen LogP contribution in [0.4, 0.5) is 10.5 Å². The van der Waals surface area contributed by atoms with Crippen LogP contribution in [0.3, 0.4) is 0 Å². The minimum absolute atomic E-state index is 0.0562. The summed E-state index contributed by atoms with van der Waals surface area (Å²) >= 11 is 0. The lowest BCUT2D eigenvalue weighted by Crippen LogP contribution is -2.56. The molecule has 1 spiro atoms. The smallest absolute Gasteiger partial charge is 0.329 e. The third-order valence-corrected chi connectivity index (χ3v) is 12.4. The van der Waals surface area contributed by atoms with E-state index in [-0.39, 0.29) is 17.0 Å². The number of morpholine rings is 1. The van der Waals surface area contributed by atoms with Crippen molar-refractivity contribution in [3.63, 3.8) is 0 Å². The number of imide groups is 1. The number of urea groups is 1. The van der Waals surface area contributed by atoms with Gasteiger partial charge in [0.15, 0.2) is 0 Å². The van der Waals surface area contributed by atoms with Crippen molar-refractivity contribution in [2.24, 2.45) is 11.8 Å². The number of rotatable bonds is 10. The topological polar surface area (TPSA) is 166 Å². The Bertz CT molecular complexity index is 2630. The van der Waals surface area contributed by atoms with Crippen molar-refractivity contribution < 1.29 is 43.7 Å². The summed E-state index contributed by atoms with van der Waals surface area (Å²) in [6.07, 6.45) is -0.969. The molecule has 0 radical (unpaired) electrons. The Labute approximate surface area is 371 Å². The van der Waals surface area contributed by atoms with E-state index < -0.39 is 77.4 Å². The molecule has 2 fully saturated rings. The van der Waals surface area contributed by atoms with Crippen LogP contribution in [0.15, 0.2) is 133 Å². The van der Waals surface area contributed by atoms with Gasteiger partial charge >= 0.3 is 23.9 Å². The second-order valence-electron chi connectivity index (χ2n) is 16.7. The second kappa shape index (κ2) is 17.8. The number of hydrogen-bond acceptors (Lipinski definition) is 10. The van der Waals surface area contributed by atoms with Crippen LogP contribution in [0.1, 0.15) is 65.4 Å². The largest absolute Gasteiger partial charge is 0.508 e. The molecule has 64 heavy (non-hydrogen) atoms. The SMILES string of the molecule is COC(=O)C(NC(=O)N1C(=O)C2(c3cc(C#CCN(C)Cc4ccccc4)ccc31)C(C(=O)O)C1C(=O)OC(c3ccccc3)C(c3ccccc3)N1C2c1ccc(O)cc1)C(C)C. The molecule has 3 N–H and O–H groups in total. The van der Waals surface area contributed by atoms with Gasteiger partial charge < -0.3 is 25.0 Å². The number of carboxylic acids is 1. The van der Waals surface area contributed by atoms with E-state index in [4.69, 9.17) is 9.47 Å². The van der Waals surface area contributed by atoms with E-state index in [9.17, 15) is 29.4 Å². The van der Waals surface area contributed by atoms with E-state index in [1.54, 1.807) is 49.1 Å². The number of carboxylic acid groups (broad SMARTS) is 1. The van der Waals surface area contributed by atoms with Gasteiger partial charge in [-0.2, -0.15) is 0 Å². The van der Waals surface area contributed by atoms with Gasteiger partial charge in [0.2, 0.25) is 5.91 Å². The number of nitrogens with zero attached hydrogens (tertiary/aromatic N) is 3. The average Bonchev–Trinajstić information content (AvgIpc) is 3.75. The molecule has 5 aromatic rings. The van der Waals surface area contributed by atoms with E-state index in [1.165, 1.54) is 19.2 Å². The molecule has 3 amide bonds. The molecular formula is C51H48N4O9. The first-order valence-electron chi connectivity index (χ1n) is 21.0. The number of nitrogens with one attached hydrogen (secondary N) is 1. The summed E-state index contributed by atoms with van der Waals surface area (Å²) in [5, 5.41) is 24.9. The predicted molar refractivity (Wildman–Crippen MR) is 236 cm³/mol. The zero-order valence-electron chi connectivity index (χ0n) is 35.8. The molecule has 13 nitrogen and oxygen atoms in total. The molecular weight excluding hydrogens is 813 g/mol. The first kappa shape index (κ1) is 43.4. The van der Waals surface area contributed by atoms with Gasteiger partial charge in [-0.15, -0.1) is 0 Å². The Morgan fingerprint density at radius 2 is 1.47 bits per heavy atom. The lowest BCUT2D eigenvalue weighted by molar-refractivity contribution is -0.179. The summed E-state index contributed by atoms with van der Waals surface area (Å²) in [5.41, 5.74) is 1.23. The van der Waals surface area contributed by atoms with Gasteiger partial charge in [0, 0.05) is 12.1 Å². The molecule has 7 atom stereocenters. The van der Waals surface area contributed by atoms with Crippen LogP contribution in [-0.2, 0) is 40.6 Å². The molecule has 0 bridgehead atoms. The number of phenolic OH excluding ortho intramolecular Hbond substituents is 1. The number of hydrogen-bond donors (Lipinski definition) is 3. The number of fused-ring (bicyclic) bond motifs is 3. The first-order chi connectivity index (χ1) is 30.9. The lowest BCUT2D eigenvalue weighted by atomic mass is 9.65. The van der Waals surface area contributed by atoms with Gasteiger partial charge in [-0.05, 0) is 71.1 Å². The number of amides is 3. The quantitative estimate of drug-likeness (QED) is 0.103. The third-order valence-electron chi connectivity index (χ3n) is 12.4. The van der Waals surface area contributed by atoms with Gasteiger partial charge in [0.1, 0.15) is 35.3 Å². The fourth-order valence-electron chi connectivity index (χ4n) is 9.67. The van der Waals surface area contributed by atoms with Crippen LogP contribution in [-0.4, -0.2) is 82.6 Å². The van der Waals surface area contributed by atoms with Crippen LogP contribution in [0.25, 0.3) is 0 Å². The Hall–Kier alpha value is -7.27. The van der Waals surface area contributed by atoms with Crippen molar-refractivity contribution in [1.29, 1.82) is 0 Å². The molecule has 8 rings (SSSR count).